The molecule has 1 aromatic rings. The molecule has 3 amide bonds. The van der Waals surface area contributed by atoms with Crippen LogP contribution in [0.4, 0.5) is 10.5 Å². The minimum Gasteiger partial charge on any atom is -0.335 e. The molecule has 0 saturated heterocycles. The van der Waals surface area contributed by atoms with Crippen molar-refractivity contribution in [2.24, 2.45) is 4.36 Å². The standard InChI is InChI=1S/C14H20N4O3S/c1-18(2)22(3,21)17-13(19)10-4-6-11(7-5-10)15-14(20)16-12-8-9-12/h4-7,12H,8-9H2,1-3H3,(H2,15,16,20). The van der Waals surface area contributed by atoms with E-state index < -0.39 is 15.8 Å². The monoisotopic (exact) mass is 324 g/mol. The van der Waals surface area contributed by atoms with Gasteiger partial charge in [-0.25, -0.2) is 13.3 Å². The molecule has 1 aliphatic rings. The van der Waals surface area contributed by atoms with E-state index in [9.17, 15) is 13.8 Å². The first kappa shape index (κ1) is 16.4. The van der Waals surface area contributed by atoms with Gasteiger partial charge in [-0.1, -0.05) is 0 Å². The van der Waals surface area contributed by atoms with Crippen LogP contribution in [0.1, 0.15) is 23.2 Å². The number of nitrogens with one attached hydrogen (secondary N) is 2. The van der Waals surface area contributed by atoms with Crippen molar-refractivity contribution in [2.75, 3.05) is 25.7 Å². The van der Waals surface area contributed by atoms with Crippen LogP contribution in [-0.2, 0) is 9.92 Å². The van der Waals surface area contributed by atoms with Gasteiger partial charge in [0.15, 0.2) is 0 Å². The lowest BCUT2D eigenvalue weighted by atomic mass is 10.2. The highest BCUT2D eigenvalue weighted by molar-refractivity contribution is 7.90. The number of hydrogen-bond donors (Lipinski definition) is 2. The highest BCUT2D eigenvalue weighted by Gasteiger charge is 2.23. The zero-order valence-electron chi connectivity index (χ0n) is 12.8. The third kappa shape index (κ3) is 4.54. The minimum atomic E-state index is -2.70. The molecule has 120 valence electrons. The molecular formula is C14H20N4O3S. The van der Waals surface area contributed by atoms with Gasteiger partial charge >= 0.3 is 6.03 Å². The lowest BCUT2D eigenvalue weighted by Gasteiger charge is -2.11. The molecule has 1 atom stereocenters. The van der Waals surface area contributed by atoms with Crippen molar-refractivity contribution in [3.63, 3.8) is 0 Å². The maximum atomic E-state index is 12.1. The van der Waals surface area contributed by atoms with Gasteiger partial charge in [-0.15, -0.1) is 4.36 Å². The second-order valence-corrected chi connectivity index (χ2v) is 7.86. The Hall–Kier alpha value is -1.93. The van der Waals surface area contributed by atoms with E-state index in [1.165, 1.54) is 10.6 Å². The zero-order valence-corrected chi connectivity index (χ0v) is 13.6. The van der Waals surface area contributed by atoms with Gasteiger partial charge < -0.3 is 10.6 Å². The van der Waals surface area contributed by atoms with Crippen LogP contribution < -0.4 is 10.6 Å². The van der Waals surface area contributed by atoms with Crippen molar-refractivity contribution in [3.05, 3.63) is 29.8 Å². The Kier molecular flexibility index (Phi) is 4.82. The summed E-state index contributed by atoms with van der Waals surface area (Å²) in [5.74, 6) is -0.546. The highest BCUT2D eigenvalue weighted by atomic mass is 32.2. The molecule has 22 heavy (non-hydrogen) atoms. The zero-order chi connectivity index (χ0) is 16.3. The molecule has 1 unspecified atom stereocenters. The summed E-state index contributed by atoms with van der Waals surface area (Å²) in [5.41, 5.74) is 0.907. The summed E-state index contributed by atoms with van der Waals surface area (Å²) in [5, 5.41) is 5.49. The summed E-state index contributed by atoms with van der Waals surface area (Å²) in [7, 11) is 0.501. The first-order valence-corrected chi connectivity index (χ1v) is 8.77. The lowest BCUT2D eigenvalue weighted by Crippen LogP contribution is -2.30. The van der Waals surface area contributed by atoms with Crippen molar-refractivity contribution in [2.45, 2.75) is 18.9 Å². The Balaban J connectivity index is 2.03. The van der Waals surface area contributed by atoms with Crippen LogP contribution in [0, 0.1) is 0 Å². The van der Waals surface area contributed by atoms with Gasteiger partial charge in [0.25, 0.3) is 5.91 Å². The van der Waals surface area contributed by atoms with E-state index in [4.69, 9.17) is 0 Å². The molecule has 7 nitrogen and oxygen atoms in total. The van der Waals surface area contributed by atoms with E-state index >= 15 is 0 Å². The molecule has 0 spiro atoms. The topological polar surface area (TPSA) is 90.9 Å². The number of urea groups is 1. The molecule has 2 rings (SSSR count). The van der Waals surface area contributed by atoms with Crippen LogP contribution in [0.2, 0.25) is 0 Å². The van der Waals surface area contributed by atoms with E-state index in [-0.39, 0.29) is 12.1 Å². The summed E-state index contributed by atoms with van der Waals surface area (Å²) in [6, 6.07) is 6.34. The minimum absolute atomic E-state index is 0.254. The summed E-state index contributed by atoms with van der Waals surface area (Å²) in [6.45, 7) is 0. The fourth-order valence-electron chi connectivity index (χ4n) is 1.56. The van der Waals surface area contributed by atoms with Crippen molar-refractivity contribution in [3.8, 4) is 0 Å². The molecule has 0 aromatic heterocycles. The van der Waals surface area contributed by atoms with Gasteiger partial charge in [0.1, 0.15) is 9.92 Å². The predicted molar refractivity (Wildman–Crippen MR) is 86.1 cm³/mol. The number of nitrogens with zero attached hydrogens (tertiary/aromatic N) is 2. The Morgan fingerprint density at radius 2 is 1.82 bits per heavy atom. The van der Waals surface area contributed by atoms with E-state index in [2.05, 4.69) is 15.0 Å². The summed E-state index contributed by atoms with van der Waals surface area (Å²) in [4.78, 5) is 23.6. The number of carbonyl (C=O) groups is 2. The van der Waals surface area contributed by atoms with E-state index in [0.29, 0.717) is 11.3 Å². The van der Waals surface area contributed by atoms with Crippen LogP contribution in [-0.4, -0.2) is 46.8 Å². The second-order valence-electron chi connectivity index (χ2n) is 5.42. The third-order valence-electron chi connectivity index (χ3n) is 3.23. The molecule has 1 aliphatic carbocycles. The number of amides is 3. The van der Waals surface area contributed by atoms with Crippen molar-refractivity contribution in [1.29, 1.82) is 0 Å². The number of hydrogen-bond acceptors (Lipinski definition) is 3. The van der Waals surface area contributed by atoms with Crippen LogP contribution >= 0.6 is 0 Å². The molecule has 0 radical (unpaired) electrons. The Bertz CT molecular complexity index is 687. The summed E-state index contributed by atoms with van der Waals surface area (Å²) in [6.07, 6.45) is 3.44. The first-order chi connectivity index (χ1) is 10.3. The highest BCUT2D eigenvalue weighted by Crippen LogP contribution is 2.19. The molecule has 1 fully saturated rings. The molecule has 0 heterocycles. The Morgan fingerprint density at radius 3 is 2.32 bits per heavy atom. The maximum absolute atomic E-state index is 12.1. The number of anilines is 1. The van der Waals surface area contributed by atoms with Crippen LogP contribution in [0.5, 0.6) is 0 Å². The van der Waals surface area contributed by atoms with Gasteiger partial charge in [0.05, 0.1) is 0 Å². The first-order valence-electron chi connectivity index (χ1n) is 6.89. The summed E-state index contributed by atoms with van der Waals surface area (Å²) >= 11 is 0. The quantitative estimate of drug-likeness (QED) is 0.883. The van der Waals surface area contributed by atoms with Crippen molar-refractivity contribution in [1.82, 2.24) is 9.62 Å². The fourth-order valence-corrected chi connectivity index (χ4v) is 2.14. The van der Waals surface area contributed by atoms with E-state index in [0.717, 1.165) is 12.8 Å². The van der Waals surface area contributed by atoms with Gasteiger partial charge in [-0.2, -0.15) is 0 Å². The predicted octanol–water partition coefficient (Wildman–Crippen LogP) is 1.69. The van der Waals surface area contributed by atoms with Crippen LogP contribution in [0.15, 0.2) is 28.6 Å². The van der Waals surface area contributed by atoms with Gasteiger partial charge in [-0.05, 0) is 37.1 Å². The smallest absolute Gasteiger partial charge is 0.319 e. The lowest BCUT2D eigenvalue weighted by molar-refractivity contribution is 0.100. The van der Waals surface area contributed by atoms with E-state index in [1.807, 2.05) is 0 Å². The number of benzene rings is 1. The molecule has 0 aliphatic heterocycles. The van der Waals surface area contributed by atoms with Crippen LogP contribution in [0.25, 0.3) is 0 Å². The molecule has 2 N–H and O–H groups in total. The molecular weight excluding hydrogens is 304 g/mol. The van der Waals surface area contributed by atoms with E-state index in [1.54, 1.807) is 38.4 Å². The second kappa shape index (κ2) is 6.45. The number of rotatable bonds is 4. The molecule has 1 aromatic carbocycles. The Labute approximate surface area is 130 Å². The average molecular weight is 324 g/mol. The van der Waals surface area contributed by atoms with Crippen molar-refractivity contribution >= 4 is 27.5 Å². The van der Waals surface area contributed by atoms with Crippen molar-refractivity contribution < 1.29 is 13.8 Å². The van der Waals surface area contributed by atoms with Gasteiger partial charge in [0.2, 0.25) is 0 Å². The summed E-state index contributed by atoms with van der Waals surface area (Å²) < 4.78 is 17.2. The fraction of sp³-hybridized carbons (Fsp3) is 0.429. The number of carbonyl (C=O) groups excluding carboxylic acids is 2. The third-order valence-corrected chi connectivity index (χ3v) is 5.09. The van der Waals surface area contributed by atoms with Crippen LogP contribution in [0.3, 0.4) is 0 Å². The molecule has 1 saturated carbocycles. The SMILES string of the molecule is CN(C)S(C)(=O)=NC(=O)c1ccc(NC(=O)NC2CC2)cc1. The van der Waals surface area contributed by atoms with Gasteiger partial charge in [-0.3, -0.25) is 4.79 Å². The molecule has 0 bridgehead atoms. The average Bonchev–Trinajstić information content (AvgIpc) is 3.22. The Morgan fingerprint density at radius 1 is 1.23 bits per heavy atom. The normalized spacial score (nSPS) is 16.7. The molecule has 8 heteroatoms. The largest absolute Gasteiger partial charge is 0.335 e. The van der Waals surface area contributed by atoms with Gasteiger partial charge in [0, 0.05) is 37.6 Å². The maximum Gasteiger partial charge on any atom is 0.319 e.